The van der Waals surface area contributed by atoms with Crippen LogP contribution in [0, 0.1) is 5.92 Å². The highest BCUT2D eigenvalue weighted by atomic mass is 127. The van der Waals surface area contributed by atoms with Gasteiger partial charge in [-0.15, -0.1) is 24.0 Å². The average molecular weight is 512 g/mol. The zero-order valence-corrected chi connectivity index (χ0v) is 20.8. The van der Waals surface area contributed by atoms with Crippen LogP contribution in [0.4, 0.5) is 0 Å². The smallest absolute Gasteiger partial charge is 0.191 e. The minimum Gasteiger partial charge on any atom is -0.357 e. The number of halogens is 1. The van der Waals surface area contributed by atoms with E-state index in [-0.39, 0.29) is 24.0 Å². The van der Waals surface area contributed by atoms with E-state index in [1.165, 1.54) is 11.1 Å². The SMILES string of the molecule is CCNC(=NCc1ccccc1Cn1cccn1)NCC(CC(C)C)N(C)C.I. The third kappa shape index (κ3) is 9.16. The van der Waals surface area contributed by atoms with Crippen LogP contribution >= 0.6 is 24.0 Å². The van der Waals surface area contributed by atoms with Crippen molar-refractivity contribution in [3.8, 4) is 0 Å². The topological polar surface area (TPSA) is 57.5 Å². The maximum atomic E-state index is 4.83. The first-order chi connectivity index (χ1) is 13.5. The summed E-state index contributed by atoms with van der Waals surface area (Å²) in [6.45, 7) is 9.77. The molecule has 2 rings (SSSR count). The molecule has 0 saturated heterocycles. The summed E-state index contributed by atoms with van der Waals surface area (Å²) in [4.78, 5) is 7.12. The Hall–Kier alpha value is -1.61. The second kappa shape index (κ2) is 13.6. The molecule has 7 heteroatoms. The van der Waals surface area contributed by atoms with Crippen molar-refractivity contribution in [1.29, 1.82) is 0 Å². The lowest BCUT2D eigenvalue weighted by Crippen LogP contribution is -2.45. The summed E-state index contributed by atoms with van der Waals surface area (Å²) in [5.74, 6) is 1.54. The second-order valence-electron chi connectivity index (χ2n) is 7.80. The quantitative estimate of drug-likeness (QED) is 0.290. The van der Waals surface area contributed by atoms with E-state index in [1.807, 2.05) is 23.1 Å². The normalized spacial score (nSPS) is 12.7. The summed E-state index contributed by atoms with van der Waals surface area (Å²) in [6.07, 6.45) is 4.96. The molecule has 0 fully saturated rings. The highest BCUT2D eigenvalue weighted by Crippen LogP contribution is 2.12. The summed E-state index contributed by atoms with van der Waals surface area (Å²) in [5.41, 5.74) is 2.47. The molecule has 29 heavy (non-hydrogen) atoms. The summed E-state index contributed by atoms with van der Waals surface area (Å²) in [7, 11) is 4.29. The molecule has 1 atom stereocenters. The summed E-state index contributed by atoms with van der Waals surface area (Å²) >= 11 is 0. The lowest BCUT2D eigenvalue weighted by atomic mass is 10.0. The van der Waals surface area contributed by atoms with E-state index in [4.69, 9.17) is 4.99 Å². The van der Waals surface area contributed by atoms with E-state index >= 15 is 0 Å². The minimum absolute atomic E-state index is 0. The Kier molecular flexibility index (Phi) is 11.9. The van der Waals surface area contributed by atoms with E-state index in [0.29, 0.717) is 18.5 Å². The molecule has 2 N–H and O–H groups in total. The predicted molar refractivity (Wildman–Crippen MR) is 133 cm³/mol. The fourth-order valence-electron chi connectivity index (χ4n) is 3.18. The van der Waals surface area contributed by atoms with Crippen molar-refractivity contribution in [2.75, 3.05) is 27.2 Å². The molecule has 6 nitrogen and oxygen atoms in total. The van der Waals surface area contributed by atoms with Gasteiger partial charge in [0.25, 0.3) is 0 Å². The molecule has 0 spiro atoms. The molecule has 0 aliphatic carbocycles. The van der Waals surface area contributed by atoms with Gasteiger partial charge in [-0.1, -0.05) is 38.1 Å². The van der Waals surface area contributed by atoms with E-state index in [2.05, 4.69) is 79.8 Å². The average Bonchev–Trinajstić information content (AvgIpc) is 3.16. The van der Waals surface area contributed by atoms with E-state index in [1.54, 1.807) is 0 Å². The number of hydrogen-bond acceptors (Lipinski definition) is 3. The standard InChI is InChI=1S/C22H36N6.HI/c1-6-23-22(25-16-21(27(4)5)14-18(2)3)24-15-19-10-7-8-11-20(19)17-28-13-9-12-26-28;/h7-13,18,21H,6,14-17H2,1-5H3,(H2,23,24,25);1H. The van der Waals surface area contributed by atoms with Crippen LogP contribution in [0.15, 0.2) is 47.7 Å². The van der Waals surface area contributed by atoms with Crippen molar-refractivity contribution >= 4 is 29.9 Å². The molecule has 0 radical (unpaired) electrons. The first kappa shape index (κ1) is 25.4. The zero-order valence-electron chi connectivity index (χ0n) is 18.4. The fraction of sp³-hybridized carbons (Fsp3) is 0.545. The Labute approximate surface area is 193 Å². The molecule has 2 aromatic rings. The van der Waals surface area contributed by atoms with Crippen molar-refractivity contribution in [3.63, 3.8) is 0 Å². The maximum Gasteiger partial charge on any atom is 0.191 e. The van der Waals surface area contributed by atoms with Crippen LogP contribution in [0.5, 0.6) is 0 Å². The molecule has 1 unspecified atom stereocenters. The minimum atomic E-state index is 0. The summed E-state index contributed by atoms with van der Waals surface area (Å²) in [6, 6.07) is 10.9. The van der Waals surface area contributed by atoms with Gasteiger partial charge in [0.1, 0.15) is 0 Å². The highest BCUT2D eigenvalue weighted by Gasteiger charge is 2.14. The maximum absolute atomic E-state index is 4.83. The number of hydrogen-bond donors (Lipinski definition) is 2. The van der Waals surface area contributed by atoms with E-state index in [0.717, 1.165) is 32.0 Å². The van der Waals surface area contributed by atoms with Crippen LogP contribution in [0.1, 0.15) is 38.3 Å². The molecule has 1 aromatic carbocycles. The van der Waals surface area contributed by atoms with Crippen LogP contribution in [0.3, 0.4) is 0 Å². The number of rotatable bonds is 10. The number of nitrogens with one attached hydrogen (secondary N) is 2. The number of aromatic nitrogens is 2. The van der Waals surface area contributed by atoms with Gasteiger partial charge in [-0.3, -0.25) is 4.68 Å². The van der Waals surface area contributed by atoms with Crippen LogP contribution in [0.2, 0.25) is 0 Å². The van der Waals surface area contributed by atoms with Crippen molar-refractivity contribution in [1.82, 2.24) is 25.3 Å². The Morgan fingerprint density at radius 1 is 1.14 bits per heavy atom. The molecule has 0 aliphatic rings. The van der Waals surface area contributed by atoms with E-state index < -0.39 is 0 Å². The third-order valence-electron chi connectivity index (χ3n) is 4.74. The number of nitrogens with zero attached hydrogens (tertiary/aromatic N) is 4. The molecule has 0 bridgehead atoms. The Bertz CT molecular complexity index is 712. The van der Waals surface area contributed by atoms with E-state index in [9.17, 15) is 0 Å². The van der Waals surface area contributed by atoms with Crippen LogP contribution in [0.25, 0.3) is 0 Å². The van der Waals surface area contributed by atoms with Gasteiger partial charge in [0.2, 0.25) is 0 Å². The van der Waals surface area contributed by atoms with Crippen molar-refractivity contribution in [3.05, 3.63) is 53.9 Å². The van der Waals surface area contributed by atoms with Crippen molar-refractivity contribution < 1.29 is 0 Å². The fourth-order valence-corrected chi connectivity index (χ4v) is 3.18. The van der Waals surface area contributed by atoms with Gasteiger partial charge in [-0.25, -0.2) is 4.99 Å². The Balaban J connectivity index is 0.00000420. The Morgan fingerprint density at radius 2 is 1.86 bits per heavy atom. The molecular weight excluding hydrogens is 475 g/mol. The first-order valence-corrected chi connectivity index (χ1v) is 10.2. The third-order valence-corrected chi connectivity index (χ3v) is 4.74. The van der Waals surface area contributed by atoms with Crippen LogP contribution in [-0.2, 0) is 13.1 Å². The van der Waals surface area contributed by atoms with Gasteiger partial charge in [0.15, 0.2) is 5.96 Å². The Morgan fingerprint density at radius 3 is 2.45 bits per heavy atom. The summed E-state index contributed by atoms with van der Waals surface area (Å²) in [5, 5.41) is 11.2. The monoisotopic (exact) mass is 512 g/mol. The molecule has 1 aromatic heterocycles. The molecule has 0 aliphatic heterocycles. The number of likely N-dealkylation sites (N-methyl/N-ethyl adjacent to an activating group) is 1. The number of benzene rings is 1. The molecule has 1 heterocycles. The zero-order chi connectivity index (χ0) is 20.4. The molecular formula is C22H37IN6. The van der Waals surface area contributed by atoms with Gasteiger partial charge >= 0.3 is 0 Å². The van der Waals surface area contributed by atoms with Crippen LogP contribution in [-0.4, -0.2) is 53.9 Å². The van der Waals surface area contributed by atoms with Crippen molar-refractivity contribution in [2.24, 2.45) is 10.9 Å². The summed E-state index contributed by atoms with van der Waals surface area (Å²) < 4.78 is 1.94. The first-order valence-electron chi connectivity index (χ1n) is 10.2. The highest BCUT2D eigenvalue weighted by molar-refractivity contribution is 14.0. The molecule has 162 valence electrons. The van der Waals surface area contributed by atoms with Gasteiger partial charge in [0.05, 0.1) is 13.1 Å². The molecule has 0 amide bonds. The van der Waals surface area contributed by atoms with Gasteiger partial charge in [-0.05, 0) is 50.6 Å². The largest absolute Gasteiger partial charge is 0.357 e. The molecule has 0 saturated carbocycles. The second-order valence-corrected chi connectivity index (χ2v) is 7.80. The van der Waals surface area contributed by atoms with Gasteiger partial charge in [0, 0.05) is 31.5 Å². The van der Waals surface area contributed by atoms with Gasteiger partial charge < -0.3 is 15.5 Å². The van der Waals surface area contributed by atoms with Crippen LogP contribution < -0.4 is 10.6 Å². The lowest BCUT2D eigenvalue weighted by molar-refractivity contribution is 0.254. The number of aliphatic imine (C=N–C) groups is 1. The van der Waals surface area contributed by atoms with Gasteiger partial charge in [-0.2, -0.15) is 5.10 Å². The lowest BCUT2D eigenvalue weighted by Gasteiger charge is -2.27. The predicted octanol–water partition coefficient (Wildman–Crippen LogP) is 3.58. The van der Waals surface area contributed by atoms with Crippen molar-refractivity contribution in [2.45, 2.75) is 46.3 Å². The number of guanidine groups is 1.